The number of nitrogens with zero attached hydrogens (tertiary/aromatic N) is 2. The SMILES string of the molecule is N#Cc1cc(-c2ccnc(NC=O)c2)ccc1OC1CCOCC1.c1coc(C2CC2)c1. The molecule has 3 heterocycles. The van der Waals surface area contributed by atoms with Gasteiger partial charge < -0.3 is 19.2 Å². The van der Waals surface area contributed by atoms with Crippen molar-refractivity contribution in [1.29, 1.82) is 5.26 Å². The molecule has 7 nitrogen and oxygen atoms in total. The first kappa shape index (κ1) is 21.6. The molecule has 0 unspecified atom stereocenters. The highest BCUT2D eigenvalue weighted by molar-refractivity contribution is 5.74. The maximum absolute atomic E-state index is 10.5. The molecule has 5 rings (SSSR count). The molecule has 1 aliphatic carbocycles. The number of ether oxygens (including phenoxy) is 2. The number of benzene rings is 1. The minimum absolute atomic E-state index is 0.0843. The average molecular weight is 431 g/mol. The van der Waals surface area contributed by atoms with Gasteiger partial charge in [0.25, 0.3) is 0 Å². The molecule has 164 valence electrons. The summed E-state index contributed by atoms with van der Waals surface area (Å²) >= 11 is 0. The van der Waals surface area contributed by atoms with Crippen molar-refractivity contribution >= 4 is 12.2 Å². The molecule has 7 heteroatoms. The van der Waals surface area contributed by atoms with Crippen molar-refractivity contribution in [1.82, 2.24) is 4.98 Å². The molecule has 2 aromatic heterocycles. The van der Waals surface area contributed by atoms with Crippen LogP contribution in [-0.4, -0.2) is 30.7 Å². The number of amides is 1. The van der Waals surface area contributed by atoms with E-state index in [9.17, 15) is 10.1 Å². The van der Waals surface area contributed by atoms with Gasteiger partial charge in [0.15, 0.2) is 0 Å². The van der Waals surface area contributed by atoms with Crippen LogP contribution in [0.1, 0.15) is 42.9 Å². The lowest BCUT2D eigenvalue weighted by molar-refractivity contribution is -0.105. The van der Waals surface area contributed by atoms with Gasteiger partial charge in [0.05, 0.1) is 25.0 Å². The molecular formula is C25H25N3O4. The van der Waals surface area contributed by atoms with Gasteiger partial charge in [-0.15, -0.1) is 0 Å². The normalized spacial score (nSPS) is 15.7. The maximum Gasteiger partial charge on any atom is 0.212 e. The lowest BCUT2D eigenvalue weighted by Gasteiger charge is -2.23. The summed E-state index contributed by atoms with van der Waals surface area (Å²) in [5, 5.41) is 12.0. The zero-order valence-corrected chi connectivity index (χ0v) is 17.7. The van der Waals surface area contributed by atoms with Crippen LogP contribution < -0.4 is 10.1 Å². The van der Waals surface area contributed by atoms with E-state index in [1.807, 2.05) is 24.3 Å². The fourth-order valence-corrected chi connectivity index (χ4v) is 3.51. The minimum Gasteiger partial charge on any atom is -0.489 e. The van der Waals surface area contributed by atoms with Gasteiger partial charge >= 0.3 is 0 Å². The Labute approximate surface area is 187 Å². The lowest BCUT2D eigenvalue weighted by atomic mass is 10.0. The van der Waals surface area contributed by atoms with Gasteiger partial charge in [-0.05, 0) is 60.4 Å². The Balaban J connectivity index is 0.000000254. The van der Waals surface area contributed by atoms with Gasteiger partial charge in [-0.3, -0.25) is 4.79 Å². The van der Waals surface area contributed by atoms with E-state index < -0.39 is 0 Å². The van der Waals surface area contributed by atoms with Crippen LogP contribution in [0, 0.1) is 11.3 Å². The summed E-state index contributed by atoms with van der Waals surface area (Å²) in [5.41, 5.74) is 2.21. The molecule has 2 aliphatic rings. The molecule has 3 aromatic rings. The number of pyridine rings is 1. The molecular weight excluding hydrogens is 406 g/mol. The van der Waals surface area contributed by atoms with Crippen molar-refractivity contribution in [2.75, 3.05) is 18.5 Å². The van der Waals surface area contributed by atoms with E-state index in [0.29, 0.717) is 36.8 Å². The fraction of sp³-hybridized carbons (Fsp3) is 0.320. The molecule has 1 N–H and O–H groups in total. The Hall–Kier alpha value is -3.63. The van der Waals surface area contributed by atoms with Crippen LogP contribution in [0.25, 0.3) is 11.1 Å². The summed E-state index contributed by atoms with van der Waals surface area (Å²) < 4.78 is 16.4. The number of anilines is 1. The van der Waals surface area contributed by atoms with Crippen molar-refractivity contribution in [2.24, 2.45) is 0 Å². The standard InChI is InChI=1S/C18H17N3O3.C7H8O/c19-11-15-9-13(14-3-6-20-18(10-14)21-12-22)1-2-17(15)24-16-4-7-23-8-5-16;1-2-7(8-5-1)6-3-4-6/h1-3,6,9-10,12,16H,4-5,7-8H2,(H,20,21,22);1-2,5-6H,3-4H2. The van der Waals surface area contributed by atoms with Gasteiger partial charge in [-0.2, -0.15) is 5.26 Å². The summed E-state index contributed by atoms with van der Waals surface area (Å²) in [6.45, 7) is 1.38. The molecule has 1 saturated carbocycles. The molecule has 1 amide bonds. The molecule has 0 spiro atoms. The Kier molecular flexibility index (Phi) is 7.15. The van der Waals surface area contributed by atoms with E-state index in [1.165, 1.54) is 18.6 Å². The summed E-state index contributed by atoms with van der Waals surface area (Å²) in [6.07, 6.45) is 8.34. The van der Waals surface area contributed by atoms with Crippen molar-refractivity contribution in [3.63, 3.8) is 0 Å². The number of hydrogen-bond donors (Lipinski definition) is 1. The number of nitrogens with one attached hydrogen (secondary N) is 1. The van der Waals surface area contributed by atoms with Gasteiger partial charge in [0.2, 0.25) is 6.41 Å². The molecule has 0 radical (unpaired) electrons. The smallest absolute Gasteiger partial charge is 0.212 e. The van der Waals surface area contributed by atoms with E-state index in [4.69, 9.17) is 13.9 Å². The second kappa shape index (κ2) is 10.6. The monoisotopic (exact) mass is 431 g/mol. The molecule has 1 aliphatic heterocycles. The van der Waals surface area contributed by atoms with Gasteiger partial charge in [-0.1, -0.05) is 6.07 Å². The topological polar surface area (TPSA) is 97.4 Å². The van der Waals surface area contributed by atoms with E-state index in [0.717, 1.165) is 29.9 Å². The minimum atomic E-state index is 0.0843. The zero-order chi connectivity index (χ0) is 22.2. The Morgan fingerprint density at radius 1 is 1.09 bits per heavy atom. The van der Waals surface area contributed by atoms with Crippen LogP contribution in [0.5, 0.6) is 5.75 Å². The second-order valence-corrected chi connectivity index (χ2v) is 7.73. The highest BCUT2D eigenvalue weighted by Crippen LogP contribution is 2.39. The van der Waals surface area contributed by atoms with Gasteiger partial charge in [0, 0.05) is 25.0 Å². The Morgan fingerprint density at radius 3 is 2.59 bits per heavy atom. The number of hydrogen-bond acceptors (Lipinski definition) is 6. The Bertz CT molecular complexity index is 1070. The first-order valence-electron chi connectivity index (χ1n) is 10.8. The van der Waals surface area contributed by atoms with E-state index in [-0.39, 0.29) is 6.10 Å². The van der Waals surface area contributed by atoms with E-state index >= 15 is 0 Å². The highest BCUT2D eigenvalue weighted by atomic mass is 16.5. The average Bonchev–Trinajstić information content (AvgIpc) is 3.54. The first-order valence-corrected chi connectivity index (χ1v) is 10.8. The highest BCUT2D eigenvalue weighted by Gasteiger charge is 2.25. The summed E-state index contributed by atoms with van der Waals surface area (Å²) in [6, 6.07) is 15.3. The first-order chi connectivity index (χ1) is 15.8. The van der Waals surface area contributed by atoms with Crippen LogP contribution >= 0.6 is 0 Å². The number of aromatic nitrogens is 1. The third-order valence-corrected chi connectivity index (χ3v) is 5.38. The number of rotatable bonds is 6. The van der Waals surface area contributed by atoms with E-state index in [2.05, 4.69) is 22.4 Å². The van der Waals surface area contributed by atoms with Crippen LogP contribution in [0.15, 0.2) is 59.3 Å². The quantitative estimate of drug-likeness (QED) is 0.557. The summed E-state index contributed by atoms with van der Waals surface area (Å²) in [4.78, 5) is 14.6. The second-order valence-electron chi connectivity index (χ2n) is 7.73. The predicted octanol–water partition coefficient (Wildman–Crippen LogP) is 4.90. The van der Waals surface area contributed by atoms with Crippen LogP contribution in [0.3, 0.4) is 0 Å². The van der Waals surface area contributed by atoms with Crippen LogP contribution in [0.4, 0.5) is 5.82 Å². The Morgan fingerprint density at radius 2 is 1.91 bits per heavy atom. The fourth-order valence-electron chi connectivity index (χ4n) is 3.51. The van der Waals surface area contributed by atoms with Crippen LogP contribution in [-0.2, 0) is 9.53 Å². The third kappa shape index (κ3) is 5.74. The maximum atomic E-state index is 10.5. The van der Waals surface area contributed by atoms with Crippen molar-refractivity contribution < 1.29 is 18.7 Å². The predicted molar refractivity (Wildman–Crippen MR) is 119 cm³/mol. The molecule has 1 aromatic carbocycles. The van der Waals surface area contributed by atoms with Crippen molar-refractivity contribution in [3.05, 3.63) is 66.2 Å². The molecule has 32 heavy (non-hydrogen) atoms. The molecule has 0 bridgehead atoms. The van der Waals surface area contributed by atoms with Crippen LogP contribution in [0.2, 0.25) is 0 Å². The number of furan rings is 1. The van der Waals surface area contributed by atoms with E-state index in [1.54, 1.807) is 24.6 Å². The molecule has 0 atom stereocenters. The lowest BCUT2D eigenvalue weighted by Crippen LogP contribution is -2.26. The summed E-state index contributed by atoms with van der Waals surface area (Å²) in [5.74, 6) is 2.99. The van der Waals surface area contributed by atoms with Crippen molar-refractivity contribution in [3.8, 4) is 22.9 Å². The number of nitriles is 1. The van der Waals surface area contributed by atoms with Crippen molar-refractivity contribution in [2.45, 2.75) is 37.7 Å². The third-order valence-electron chi connectivity index (χ3n) is 5.38. The molecule has 1 saturated heterocycles. The summed E-state index contributed by atoms with van der Waals surface area (Å²) in [7, 11) is 0. The largest absolute Gasteiger partial charge is 0.489 e. The number of carbonyl (C=O) groups is 1. The van der Waals surface area contributed by atoms with Gasteiger partial charge in [0.1, 0.15) is 29.5 Å². The molecule has 2 fully saturated rings. The zero-order valence-electron chi connectivity index (χ0n) is 17.7. The number of carbonyl (C=O) groups excluding carboxylic acids is 1. The van der Waals surface area contributed by atoms with Gasteiger partial charge in [-0.25, -0.2) is 4.98 Å².